The number of anilines is 1. The van der Waals surface area contributed by atoms with Gasteiger partial charge in [-0.2, -0.15) is 8.42 Å². The van der Waals surface area contributed by atoms with Crippen LogP contribution in [0.4, 0.5) is 5.69 Å². The molecule has 0 spiro atoms. The van der Waals surface area contributed by atoms with E-state index in [0.29, 0.717) is 12.2 Å². The van der Waals surface area contributed by atoms with Crippen LogP contribution in [0.2, 0.25) is 0 Å². The molecule has 21 heavy (non-hydrogen) atoms. The summed E-state index contributed by atoms with van der Waals surface area (Å²) >= 11 is 0. The minimum Gasteiger partial charge on any atom is -0.478 e. The summed E-state index contributed by atoms with van der Waals surface area (Å²) in [5.41, 5.74) is 0.0106. The van der Waals surface area contributed by atoms with E-state index in [1.165, 1.54) is 25.4 Å². The number of rotatable bonds is 5. The number of aromatic carboxylic acids is 1. The van der Waals surface area contributed by atoms with Gasteiger partial charge in [0.15, 0.2) is 5.03 Å². The van der Waals surface area contributed by atoms with Crippen LogP contribution in [0.15, 0.2) is 35.5 Å². The average Bonchev–Trinajstić information content (AvgIpc) is 2.96. The molecule has 0 aliphatic heterocycles. The summed E-state index contributed by atoms with van der Waals surface area (Å²) in [6, 6.07) is 5.92. The number of carbonyl (C=O) groups is 1. The van der Waals surface area contributed by atoms with Crippen LogP contribution >= 0.6 is 0 Å². The summed E-state index contributed by atoms with van der Waals surface area (Å²) in [7, 11) is -2.58. The van der Waals surface area contributed by atoms with E-state index >= 15 is 0 Å². The van der Waals surface area contributed by atoms with Gasteiger partial charge in [-0.15, -0.1) is 0 Å². The van der Waals surface area contributed by atoms with Crippen LogP contribution in [0.1, 0.15) is 23.1 Å². The molecule has 0 fully saturated rings. The number of H-pyrrole nitrogens is 1. The molecule has 2 N–H and O–H groups in total. The molecule has 8 heteroatoms. The second-order valence-corrected chi connectivity index (χ2v) is 6.28. The zero-order chi connectivity index (χ0) is 15.6. The van der Waals surface area contributed by atoms with Crippen molar-refractivity contribution in [3.8, 4) is 0 Å². The maximum Gasteiger partial charge on any atom is 0.337 e. The summed E-state index contributed by atoms with van der Waals surface area (Å²) in [4.78, 5) is 17.9. The molecule has 2 aromatic rings. The van der Waals surface area contributed by atoms with Gasteiger partial charge in [-0.25, -0.2) is 9.78 Å². The third-order valence-corrected chi connectivity index (χ3v) is 4.73. The van der Waals surface area contributed by atoms with Gasteiger partial charge in [0, 0.05) is 13.5 Å². The first-order chi connectivity index (χ1) is 9.87. The number of imidazole rings is 1. The predicted octanol–water partition coefficient (Wildman–Crippen LogP) is 1.50. The van der Waals surface area contributed by atoms with E-state index in [1.807, 2.05) is 6.92 Å². The first-order valence-electron chi connectivity index (χ1n) is 6.23. The van der Waals surface area contributed by atoms with Crippen molar-refractivity contribution in [2.24, 2.45) is 0 Å². The van der Waals surface area contributed by atoms with Gasteiger partial charge in [0.25, 0.3) is 10.0 Å². The number of aromatic amines is 1. The minimum atomic E-state index is -3.89. The van der Waals surface area contributed by atoms with E-state index in [9.17, 15) is 13.2 Å². The van der Waals surface area contributed by atoms with E-state index in [1.54, 1.807) is 12.1 Å². The Bertz CT molecular complexity index is 767. The van der Waals surface area contributed by atoms with Crippen molar-refractivity contribution in [3.63, 3.8) is 0 Å². The topological polar surface area (TPSA) is 103 Å². The Balaban J connectivity index is 2.48. The van der Waals surface area contributed by atoms with E-state index < -0.39 is 16.0 Å². The van der Waals surface area contributed by atoms with Crippen molar-refractivity contribution in [1.82, 2.24) is 9.97 Å². The lowest BCUT2D eigenvalue weighted by Crippen LogP contribution is -2.28. The highest BCUT2D eigenvalue weighted by molar-refractivity contribution is 7.92. The van der Waals surface area contributed by atoms with Crippen molar-refractivity contribution in [1.29, 1.82) is 0 Å². The average molecular weight is 309 g/mol. The first kappa shape index (κ1) is 15.0. The molecular formula is C13H15N3O4S. The van der Waals surface area contributed by atoms with Gasteiger partial charge in [0.2, 0.25) is 0 Å². The Morgan fingerprint density at radius 3 is 2.62 bits per heavy atom. The van der Waals surface area contributed by atoms with Crippen LogP contribution in [0, 0.1) is 0 Å². The summed E-state index contributed by atoms with van der Waals surface area (Å²) in [5, 5.41) is 9.08. The minimum absolute atomic E-state index is 0.0676. The van der Waals surface area contributed by atoms with Gasteiger partial charge >= 0.3 is 5.97 Å². The van der Waals surface area contributed by atoms with Crippen molar-refractivity contribution in [3.05, 3.63) is 41.9 Å². The Morgan fingerprint density at radius 1 is 1.38 bits per heavy atom. The lowest BCUT2D eigenvalue weighted by atomic mass is 10.2. The van der Waals surface area contributed by atoms with Crippen molar-refractivity contribution < 1.29 is 18.3 Å². The standard InChI is InChI=1S/C13H15N3O4S/c1-3-11-14-8-12(15-11)21(19,20)16(2)10-7-5-4-6-9(10)13(17)18/h4-8H,3H2,1-2H3,(H,14,15)(H,17,18). The number of aromatic nitrogens is 2. The lowest BCUT2D eigenvalue weighted by molar-refractivity contribution is 0.0698. The van der Waals surface area contributed by atoms with E-state index in [0.717, 1.165) is 4.31 Å². The molecule has 0 unspecified atom stereocenters. The van der Waals surface area contributed by atoms with Crippen molar-refractivity contribution in [2.75, 3.05) is 11.4 Å². The number of hydrogen-bond donors (Lipinski definition) is 2. The van der Waals surface area contributed by atoms with Gasteiger partial charge in [0.1, 0.15) is 5.82 Å². The maximum atomic E-state index is 12.5. The van der Waals surface area contributed by atoms with Crippen LogP contribution < -0.4 is 4.31 Å². The highest BCUT2D eigenvalue weighted by Gasteiger charge is 2.26. The fourth-order valence-electron chi connectivity index (χ4n) is 1.86. The largest absolute Gasteiger partial charge is 0.478 e. The Hall–Kier alpha value is -2.35. The van der Waals surface area contributed by atoms with Crippen LogP contribution in [-0.4, -0.2) is 36.5 Å². The van der Waals surface area contributed by atoms with Crippen molar-refractivity contribution >= 4 is 21.7 Å². The second kappa shape index (κ2) is 5.57. The quantitative estimate of drug-likeness (QED) is 0.871. The number of carboxylic acid groups (broad SMARTS) is 1. The molecular weight excluding hydrogens is 294 g/mol. The number of nitrogens with one attached hydrogen (secondary N) is 1. The van der Waals surface area contributed by atoms with Gasteiger partial charge in [-0.1, -0.05) is 19.1 Å². The number of aryl methyl sites for hydroxylation is 1. The van der Waals surface area contributed by atoms with Crippen LogP contribution in [-0.2, 0) is 16.4 Å². The lowest BCUT2D eigenvalue weighted by Gasteiger charge is -2.20. The molecule has 0 aliphatic carbocycles. The smallest absolute Gasteiger partial charge is 0.337 e. The molecule has 1 heterocycles. The molecule has 0 bridgehead atoms. The van der Waals surface area contributed by atoms with Gasteiger partial charge in [-0.05, 0) is 12.1 Å². The summed E-state index contributed by atoms with van der Waals surface area (Å²) in [6.45, 7) is 1.85. The zero-order valence-electron chi connectivity index (χ0n) is 11.6. The predicted molar refractivity (Wildman–Crippen MR) is 77.0 cm³/mol. The number of carboxylic acids is 1. The van der Waals surface area contributed by atoms with Crippen LogP contribution in [0.25, 0.3) is 0 Å². The maximum absolute atomic E-state index is 12.5. The highest BCUT2D eigenvalue weighted by atomic mass is 32.2. The molecule has 0 amide bonds. The molecule has 1 aromatic carbocycles. The number of sulfonamides is 1. The van der Waals surface area contributed by atoms with E-state index in [2.05, 4.69) is 9.97 Å². The SMILES string of the molecule is CCc1ncc(S(=O)(=O)N(C)c2ccccc2C(=O)O)[nH]1. The number of hydrogen-bond acceptors (Lipinski definition) is 4. The third-order valence-electron chi connectivity index (χ3n) is 3.05. The van der Waals surface area contributed by atoms with E-state index in [-0.39, 0.29) is 16.3 Å². The number of nitrogens with zero attached hydrogens (tertiary/aromatic N) is 2. The summed E-state index contributed by atoms with van der Waals surface area (Å²) < 4.78 is 25.9. The second-order valence-electron chi connectivity index (χ2n) is 4.34. The van der Waals surface area contributed by atoms with Crippen LogP contribution in [0.3, 0.4) is 0 Å². The van der Waals surface area contributed by atoms with E-state index in [4.69, 9.17) is 5.11 Å². The number of para-hydroxylation sites is 1. The fourth-order valence-corrected chi connectivity index (χ4v) is 3.01. The molecule has 0 aliphatic rings. The van der Waals surface area contributed by atoms with Crippen LogP contribution in [0.5, 0.6) is 0 Å². The fraction of sp³-hybridized carbons (Fsp3) is 0.231. The molecule has 0 atom stereocenters. The molecule has 112 valence electrons. The van der Waals surface area contributed by atoms with Gasteiger partial charge in [0.05, 0.1) is 17.4 Å². The Morgan fingerprint density at radius 2 is 2.05 bits per heavy atom. The number of benzene rings is 1. The first-order valence-corrected chi connectivity index (χ1v) is 7.67. The van der Waals surface area contributed by atoms with Crippen molar-refractivity contribution in [2.45, 2.75) is 18.4 Å². The Kier molecular flexibility index (Phi) is 3.99. The summed E-state index contributed by atoms with van der Waals surface area (Å²) in [5.74, 6) is -0.639. The molecule has 0 saturated heterocycles. The highest BCUT2D eigenvalue weighted by Crippen LogP contribution is 2.24. The molecule has 1 aromatic heterocycles. The Labute approximate surface area is 122 Å². The molecule has 7 nitrogen and oxygen atoms in total. The summed E-state index contributed by atoms with van der Waals surface area (Å²) in [6.07, 6.45) is 1.80. The molecule has 0 saturated carbocycles. The monoisotopic (exact) mass is 309 g/mol. The third kappa shape index (κ3) is 2.75. The van der Waals surface area contributed by atoms with Gasteiger partial charge < -0.3 is 10.1 Å². The molecule has 2 rings (SSSR count). The zero-order valence-corrected chi connectivity index (χ0v) is 12.4. The molecule has 0 radical (unpaired) electrons. The van der Waals surface area contributed by atoms with Gasteiger partial charge in [-0.3, -0.25) is 4.31 Å². The normalized spacial score (nSPS) is 11.3.